The van der Waals surface area contributed by atoms with Gasteiger partial charge in [-0.05, 0) is 69.5 Å². The predicted molar refractivity (Wildman–Crippen MR) is 142 cm³/mol. The lowest BCUT2D eigenvalue weighted by Gasteiger charge is -2.15. The van der Waals surface area contributed by atoms with Gasteiger partial charge in [-0.15, -0.1) is 0 Å². The molecule has 0 saturated carbocycles. The number of carbonyl (C=O) groups is 1. The van der Waals surface area contributed by atoms with Crippen LogP contribution in [0.15, 0.2) is 59.2 Å². The monoisotopic (exact) mass is 483 g/mol. The summed E-state index contributed by atoms with van der Waals surface area (Å²) in [5.74, 6) is 1.76. The van der Waals surface area contributed by atoms with Gasteiger partial charge >= 0.3 is 0 Å². The quantitative estimate of drug-likeness (QED) is 0.294. The molecular weight excluding hydrogens is 454 g/mol. The van der Waals surface area contributed by atoms with Gasteiger partial charge in [0.2, 0.25) is 12.7 Å². The third-order valence-electron chi connectivity index (χ3n) is 6.42. The van der Waals surface area contributed by atoms with E-state index in [4.69, 9.17) is 18.6 Å². The Morgan fingerprint density at radius 3 is 2.61 bits per heavy atom. The van der Waals surface area contributed by atoms with E-state index in [1.165, 1.54) is 11.1 Å². The molecule has 0 radical (unpaired) electrons. The minimum atomic E-state index is -0.242. The lowest BCUT2D eigenvalue weighted by molar-refractivity contribution is -0.111. The summed E-state index contributed by atoms with van der Waals surface area (Å²) in [7, 11) is 0. The Morgan fingerprint density at radius 2 is 1.83 bits per heavy atom. The van der Waals surface area contributed by atoms with Crippen molar-refractivity contribution < 1.29 is 23.4 Å². The average Bonchev–Trinajstić information content (AvgIpc) is 3.47. The second kappa shape index (κ2) is 9.46. The summed E-state index contributed by atoms with van der Waals surface area (Å²) >= 11 is 0. The van der Waals surface area contributed by atoms with Crippen LogP contribution < -0.4 is 19.5 Å². The van der Waals surface area contributed by atoms with Crippen LogP contribution in [0, 0.1) is 20.8 Å². The highest BCUT2D eigenvalue weighted by Crippen LogP contribution is 2.41. The van der Waals surface area contributed by atoms with Crippen molar-refractivity contribution in [1.82, 2.24) is 0 Å². The number of hydrogen-bond donors (Lipinski definition) is 1. The third kappa shape index (κ3) is 4.31. The van der Waals surface area contributed by atoms with Crippen LogP contribution in [0.5, 0.6) is 17.2 Å². The first kappa shape index (κ1) is 23.5. The number of hydrogen-bond acceptors (Lipinski definition) is 5. The van der Waals surface area contributed by atoms with Gasteiger partial charge in [0.15, 0.2) is 11.5 Å². The molecule has 36 heavy (non-hydrogen) atoms. The summed E-state index contributed by atoms with van der Waals surface area (Å²) in [6.07, 6.45) is 3.39. The van der Waals surface area contributed by atoms with Gasteiger partial charge in [-0.1, -0.05) is 23.8 Å². The van der Waals surface area contributed by atoms with Crippen LogP contribution in [0.4, 0.5) is 5.69 Å². The Morgan fingerprint density at radius 1 is 1.03 bits per heavy atom. The second-order valence-corrected chi connectivity index (χ2v) is 9.04. The van der Waals surface area contributed by atoms with Crippen LogP contribution >= 0.6 is 0 Å². The molecule has 1 aliphatic rings. The zero-order valence-corrected chi connectivity index (χ0v) is 21.2. The number of amides is 1. The SMILES string of the molecule is CCOc1c(/C(C)=C/C(=O)Nc2ccc3c(c2)OCO3)cc2c(-c3ccc(C)cc3C)coc2c1C. The van der Waals surface area contributed by atoms with E-state index >= 15 is 0 Å². The Balaban J connectivity index is 1.54. The van der Waals surface area contributed by atoms with Crippen LogP contribution in [0.1, 0.15) is 36.1 Å². The molecule has 2 heterocycles. The molecule has 1 N–H and O–H groups in total. The Kier molecular flexibility index (Phi) is 6.18. The van der Waals surface area contributed by atoms with Crippen molar-refractivity contribution >= 4 is 28.1 Å². The summed E-state index contributed by atoms with van der Waals surface area (Å²) < 4.78 is 22.8. The lowest BCUT2D eigenvalue weighted by atomic mass is 9.94. The fourth-order valence-corrected chi connectivity index (χ4v) is 4.69. The Labute approximate surface area is 210 Å². The van der Waals surface area contributed by atoms with E-state index in [2.05, 4.69) is 43.4 Å². The number of aryl methyl sites for hydroxylation is 3. The maximum absolute atomic E-state index is 12.9. The number of benzene rings is 3. The van der Waals surface area contributed by atoms with Crippen molar-refractivity contribution in [3.8, 4) is 28.4 Å². The molecule has 0 fully saturated rings. The number of furan rings is 1. The molecule has 3 aromatic carbocycles. The fourth-order valence-electron chi connectivity index (χ4n) is 4.69. The zero-order valence-electron chi connectivity index (χ0n) is 21.2. The molecule has 6 heteroatoms. The van der Waals surface area contributed by atoms with Crippen LogP contribution in [-0.2, 0) is 4.79 Å². The summed E-state index contributed by atoms with van der Waals surface area (Å²) in [5, 5.41) is 3.90. The summed E-state index contributed by atoms with van der Waals surface area (Å²) in [4.78, 5) is 12.9. The second-order valence-electron chi connectivity index (χ2n) is 9.04. The predicted octanol–water partition coefficient (Wildman–Crippen LogP) is 7.19. The molecule has 184 valence electrons. The van der Waals surface area contributed by atoms with E-state index in [1.807, 2.05) is 20.8 Å². The standard InChI is InChI=1S/C30H29NO5/c1-6-33-29-20(5)30-24(25(15-34-30)22-9-7-17(2)11-18(22)3)14-23(29)19(4)12-28(32)31-21-8-10-26-27(13-21)36-16-35-26/h7-15H,6,16H2,1-5H3,(H,31,32)/b19-12+. The molecule has 0 aliphatic carbocycles. The van der Waals surface area contributed by atoms with Gasteiger partial charge in [0.1, 0.15) is 11.3 Å². The van der Waals surface area contributed by atoms with E-state index < -0.39 is 0 Å². The highest BCUT2D eigenvalue weighted by atomic mass is 16.7. The normalized spacial score (nSPS) is 12.8. The van der Waals surface area contributed by atoms with E-state index in [9.17, 15) is 4.79 Å². The van der Waals surface area contributed by atoms with Crippen molar-refractivity contribution in [2.24, 2.45) is 0 Å². The minimum Gasteiger partial charge on any atom is -0.493 e. The maximum Gasteiger partial charge on any atom is 0.248 e. The summed E-state index contributed by atoms with van der Waals surface area (Å²) in [6.45, 7) is 10.7. The Bertz CT molecular complexity index is 1510. The molecule has 6 nitrogen and oxygen atoms in total. The molecule has 1 aromatic heterocycles. The van der Waals surface area contributed by atoms with E-state index in [0.29, 0.717) is 23.8 Å². The number of fused-ring (bicyclic) bond motifs is 2. The number of rotatable bonds is 6. The minimum absolute atomic E-state index is 0.186. The first-order valence-corrected chi connectivity index (χ1v) is 12.0. The van der Waals surface area contributed by atoms with Crippen LogP contribution in [0.2, 0.25) is 0 Å². The number of carbonyl (C=O) groups excluding carboxylic acids is 1. The van der Waals surface area contributed by atoms with Gasteiger partial charge in [0.25, 0.3) is 0 Å². The van der Waals surface area contributed by atoms with Gasteiger partial charge < -0.3 is 23.9 Å². The van der Waals surface area contributed by atoms with Gasteiger partial charge in [-0.25, -0.2) is 0 Å². The van der Waals surface area contributed by atoms with Crippen LogP contribution in [0.25, 0.3) is 27.7 Å². The first-order chi connectivity index (χ1) is 17.4. The molecule has 5 rings (SSSR count). The van der Waals surface area contributed by atoms with Gasteiger partial charge in [0.05, 0.1) is 12.9 Å². The zero-order chi connectivity index (χ0) is 25.4. The van der Waals surface area contributed by atoms with E-state index in [0.717, 1.165) is 44.5 Å². The van der Waals surface area contributed by atoms with Gasteiger partial charge in [0, 0.05) is 39.9 Å². The largest absolute Gasteiger partial charge is 0.493 e. The van der Waals surface area contributed by atoms with Crippen LogP contribution in [-0.4, -0.2) is 19.3 Å². The van der Waals surface area contributed by atoms with Crippen LogP contribution in [0.3, 0.4) is 0 Å². The van der Waals surface area contributed by atoms with E-state index in [1.54, 1.807) is 30.5 Å². The number of nitrogens with one attached hydrogen (secondary N) is 1. The molecule has 1 amide bonds. The van der Waals surface area contributed by atoms with Gasteiger partial charge in [-0.2, -0.15) is 0 Å². The third-order valence-corrected chi connectivity index (χ3v) is 6.42. The smallest absolute Gasteiger partial charge is 0.248 e. The lowest BCUT2D eigenvalue weighted by Crippen LogP contribution is -2.09. The fraction of sp³-hybridized carbons (Fsp3) is 0.233. The van der Waals surface area contributed by atoms with Crippen molar-refractivity contribution in [2.75, 3.05) is 18.7 Å². The van der Waals surface area contributed by atoms with E-state index in [-0.39, 0.29) is 12.7 Å². The van der Waals surface area contributed by atoms with Crippen molar-refractivity contribution in [1.29, 1.82) is 0 Å². The topological polar surface area (TPSA) is 69.9 Å². The van der Waals surface area contributed by atoms with Crippen molar-refractivity contribution in [2.45, 2.75) is 34.6 Å². The van der Waals surface area contributed by atoms with Crippen molar-refractivity contribution in [3.05, 3.63) is 77.1 Å². The summed E-state index contributed by atoms with van der Waals surface area (Å²) in [5.41, 5.74) is 8.51. The van der Waals surface area contributed by atoms with Crippen molar-refractivity contribution in [3.63, 3.8) is 0 Å². The molecular formula is C30H29NO5. The molecule has 4 aromatic rings. The highest BCUT2D eigenvalue weighted by Gasteiger charge is 2.20. The van der Waals surface area contributed by atoms with Gasteiger partial charge in [-0.3, -0.25) is 4.79 Å². The molecule has 1 aliphatic heterocycles. The Hall–Kier alpha value is -4.19. The first-order valence-electron chi connectivity index (χ1n) is 12.0. The maximum atomic E-state index is 12.9. The molecule has 0 atom stereocenters. The summed E-state index contributed by atoms with van der Waals surface area (Å²) in [6, 6.07) is 13.8. The molecule has 0 saturated heterocycles. The number of allylic oxidation sites excluding steroid dienone is 1. The highest BCUT2D eigenvalue weighted by molar-refractivity contribution is 6.06. The number of ether oxygens (including phenoxy) is 3. The molecule has 0 unspecified atom stereocenters. The molecule has 0 spiro atoms. The number of anilines is 1. The molecule has 0 bridgehead atoms. The average molecular weight is 484 g/mol.